The largest absolute Gasteiger partial charge is 0.389 e. The number of pyridine rings is 1. The molecule has 100 valence electrons. The quantitative estimate of drug-likeness (QED) is 0.889. The topological polar surface area (TPSA) is 36.4 Å². The minimum atomic E-state index is -0.564. The van der Waals surface area contributed by atoms with Gasteiger partial charge >= 0.3 is 0 Å². The van der Waals surface area contributed by atoms with Crippen LogP contribution in [0.2, 0.25) is 0 Å². The van der Waals surface area contributed by atoms with E-state index in [-0.39, 0.29) is 0 Å². The average Bonchev–Trinajstić information content (AvgIpc) is 2.53. The summed E-state index contributed by atoms with van der Waals surface area (Å²) in [6, 6.07) is 4.18. The number of aliphatic hydroxyl groups is 1. The Kier molecular flexibility index (Phi) is 4.36. The first kappa shape index (κ1) is 13.5. The fraction of sp³-hybridized carbons (Fsp3) is 0.667. The average molecular weight is 248 g/mol. The summed E-state index contributed by atoms with van der Waals surface area (Å²) in [5.74, 6) is 0. The van der Waals surface area contributed by atoms with Gasteiger partial charge < -0.3 is 10.0 Å². The highest BCUT2D eigenvalue weighted by Gasteiger charge is 2.29. The van der Waals surface area contributed by atoms with E-state index >= 15 is 0 Å². The Balaban J connectivity index is 2.01. The zero-order chi connectivity index (χ0) is 13.0. The van der Waals surface area contributed by atoms with Crippen LogP contribution in [0.4, 0.5) is 0 Å². The number of nitrogens with zero attached hydrogens (tertiary/aromatic N) is 2. The van der Waals surface area contributed by atoms with Crippen LogP contribution in [0, 0.1) is 0 Å². The zero-order valence-corrected chi connectivity index (χ0v) is 11.5. The van der Waals surface area contributed by atoms with Gasteiger partial charge in [0, 0.05) is 24.9 Å². The molecule has 0 amide bonds. The second kappa shape index (κ2) is 5.81. The van der Waals surface area contributed by atoms with Gasteiger partial charge in [0.25, 0.3) is 0 Å². The summed E-state index contributed by atoms with van der Waals surface area (Å²) in [6.45, 7) is 4.19. The van der Waals surface area contributed by atoms with Gasteiger partial charge in [0.15, 0.2) is 0 Å². The number of rotatable bonds is 3. The van der Waals surface area contributed by atoms with Crippen molar-refractivity contribution in [2.45, 2.75) is 44.6 Å². The predicted octanol–water partition coefficient (Wildman–Crippen LogP) is 2.03. The Bertz CT molecular complexity index is 377. The lowest BCUT2D eigenvalue weighted by atomic mass is 9.89. The molecule has 1 fully saturated rings. The molecule has 1 aliphatic heterocycles. The summed E-state index contributed by atoms with van der Waals surface area (Å²) in [4.78, 5) is 6.76. The van der Waals surface area contributed by atoms with Crippen molar-refractivity contribution >= 4 is 0 Å². The zero-order valence-electron chi connectivity index (χ0n) is 11.5. The third-order valence-corrected chi connectivity index (χ3v) is 3.95. The molecule has 1 aromatic rings. The lowest BCUT2D eigenvalue weighted by Gasteiger charge is -2.26. The van der Waals surface area contributed by atoms with Gasteiger partial charge in [0.05, 0.1) is 5.60 Å². The molecule has 1 unspecified atom stereocenters. The summed E-state index contributed by atoms with van der Waals surface area (Å²) >= 11 is 0. The van der Waals surface area contributed by atoms with Gasteiger partial charge in [-0.1, -0.05) is 13.0 Å². The fourth-order valence-electron chi connectivity index (χ4n) is 2.60. The van der Waals surface area contributed by atoms with E-state index < -0.39 is 5.60 Å². The van der Waals surface area contributed by atoms with Gasteiger partial charge in [0.2, 0.25) is 0 Å². The fourth-order valence-corrected chi connectivity index (χ4v) is 2.60. The Morgan fingerprint density at radius 1 is 1.33 bits per heavy atom. The summed E-state index contributed by atoms with van der Waals surface area (Å²) in [5, 5.41) is 10.7. The highest BCUT2D eigenvalue weighted by Crippen LogP contribution is 2.25. The van der Waals surface area contributed by atoms with Crippen LogP contribution in [-0.4, -0.2) is 40.7 Å². The van der Waals surface area contributed by atoms with Crippen LogP contribution in [-0.2, 0) is 12.8 Å². The molecule has 1 aliphatic rings. The van der Waals surface area contributed by atoms with Crippen molar-refractivity contribution < 1.29 is 5.11 Å². The molecule has 0 radical (unpaired) electrons. The van der Waals surface area contributed by atoms with Crippen molar-refractivity contribution in [1.82, 2.24) is 9.88 Å². The van der Waals surface area contributed by atoms with Gasteiger partial charge in [-0.25, -0.2) is 0 Å². The Hall–Kier alpha value is -0.930. The van der Waals surface area contributed by atoms with Crippen LogP contribution in [0.1, 0.15) is 37.4 Å². The summed E-state index contributed by atoms with van der Waals surface area (Å²) in [7, 11) is 2.13. The molecule has 2 rings (SSSR count). The Morgan fingerprint density at radius 3 is 2.83 bits per heavy atom. The molecular weight excluding hydrogens is 224 g/mol. The maximum Gasteiger partial charge on any atom is 0.0715 e. The monoisotopic (exact) mass is 248 g/mol. The van der Waals surface area contributed by atoms with Gasteiger partial charge in [-0.2, -0.15) is 0 Å². The van der Waals surface area contributed by atoms with Gasteiger partial charge in [-0.3, -0.25) is 4.98 Å². The highest BCUT2D eigenvalue weighted by molar-refractivity contribution is 5.15. The van der Waals surface area contributed by atoms with Crippen molar-refractivity contribution in [3.05, 3.63) is 29.6 Å². The lowest BCUT2D eigenvalue weighted by molar-refractivity contribution is 0.0254. The standard InChI is InChI=1S/C15H24N2O/c1-3-13-5-6-14(16-12-13)11-15(18)7-4-9-17(2)10-8-15/h5-6,12,18H,3-4,7-11H2,1-2H3. The van der Waals surface area contributed by atoms with Crippen LogP contribution in [0.25, 0.3) is 0 Å². The Morgan fingerprint density at radius 2 is 2.17 bits per heavy atom. The van der Waals surface area contributed by atoms with Crippen molar-refractivity contribution in [3.63, 3.8) is 0 Å². The first-order chi connectivity index (χ1) is 8.61. The van der Waals surface area contributed by atoms with Crippen LogP contribution in [0.5, 0.6) is 0 Å². The molecule has 0 saturated carbocycles. The van der Waals surface area contributed by atoms with Gasteiger partial charge in [-0.15, -0.1) is 0 Å². The molecule has 0 spiro atoms. The van der Waals surface area contributed by atoms with E-state index in [4.69, 9.17) is 0 Å². The molecule has 1 saturated heterocycles. The predicted molar refractivity (Wildman–Crippen MR) is 73.6 cm³/mol. The van der Waals surface area contributed by atoms with Crippen molar-refractivity contribution in [1.29, 1.82) is 0 Å². The van der Waals surface area contributed by atoms with Crippen LogP contribution >= 0.6 is 0 Å². The third kappa shape index (κ3) is 3.53. The number of hydrogen-bond acceptors (Lipinski definition) is 3. The van der Waals surface area contributed by atoms with Crippen LogP contribution in [0.15, 0.2) is 18.3 Å². The first-order valence-electron chi connectivity index (χ1n) is 6.96. The third-order valence-electron chi connectivity index (χ3n) is 3.95. The van der Waals surface area contributed by atoms with Crippen LogP contribution < -0.4 is 0 Å². The van der Waals surface area contributed by atoms with Crippen molar-refractivity contribution in [2.24, 2.45) is 0 Å². The van der Waals surface area contributed by atoms with E-state index in [0.29, 0.717) is 6.42 Å². The summed E-state index contributed by atoms with van der Waals surface area (Å²) < 4.78 is 0. The maximum absolute atomic E-state index is 10.7. The molecule has 3 nitrogen and oxygen atoms in total. The summed E-state index contributed by atoms with van der Waals surface area (Å²) in [5.41, 5.74) is 1.71. The lowest BCUT2D eigenvalue weighted by Crippen LogP contribution is -2.33. The molecule has 1 atom stereocenters. The van der Waals surface area contributed by atoms with E-state index in [1.807, 2.05) is 6.20 Å². The van der Waals surface area contributed by atoms with Crippen molar-refractivity contribution in [3.8, 4) is 0 Å². The van der Waals surface area contributed by atoms with E-state index in [9.17, 15) is 5.11 Å². The van der Waals surface area contributed by atoms with Gasteiger partial charge in [-0.05, 0) is 50.9 Å². The number of aryl methyl sites for hydroxylation is 1. The molecule has 1 N–H and O–H groups in total. The molecule has 2 heterocycles. The number of likely N-dealkylation sites (tertiary alicyclic amines) is 1. The SMILES string of the molecule is CCc1ccc(CC2(O)CCCN(C)CC2)nc1. The highest BCUT2D eigenvalue weighted by atomic mass is 16.3. The Labute approximate surface area is 110 Å². The second-order valence-electron chi connectivity index (χ2n) is 5.57. The van der Waals surface area contributed by atoms with E-state index in [1.165, 1.54) is 5.56 Å². The smallest absolute Gasteiger partial charge is 0.0715 e. The minimum Gasteiger partial charge on any atom is -0.389 e. The summed E-state index contributed by atoms with van der Waals surface area (Å²) in [6.07, 6.45) is 6.43. The van der Waals surface area contributed by atoms with E-state index in [1.54, 1.807) is 0 Å². The van der Waals surface area contributed by atoms with E-state index in [2.05, 4.69) is 36.0 Å². The second-order valence-corrected chi connectivity index (χ2v) is 5.57. The van der Waals surface area contributed by atoms with Gasteiger partial charge in [0.1, 0.15) is 0 Å². The maximum atomic E-state index is 10.7. The van der Waals surface area contributed by atoms with Crippen LogP contribution in [0.3, 0.4) is 0 Å². The molecule has 3 heteroatoms. The molecule has 0 aliphatic carbocycles. The van der Waals surface area contributed by atoms with E-state index in [0.717, 1.165) is 44.5 Å². The first-order valence-corrected chi connectivity index (χ1v) is 6.96. The number of hydrogen-bond donors (Lipinski definition) is 1. The molecule has 1 aromatic heterocycles. The molecule has 0 aromatic carbocycles. The molecule has 18 heavy (non-hydrogen) atoms. The minimum absolute atomic E-state index is 0.564. The normalized spacial score (nSPS) is 25.9. The molecular formula is C15H24N2O. The number of aromatic nitrogens is 1. The molecule has 0 bridgehead atoms. The van der Waals surface area contributed by atoms with Crippen molar-refractivity contribution in [2.75, 3.05) is 20.1 Å².